The number of carbonyl (C=O) groups is 2. The third-order valence-electron chi connectivity index (χ3n) is 4.34. The van der Waals surface area contributed by atoms with Crippen molar-refractivity contribution in [1.82, 2.24) is 0 Å². The molecule has 3 aromatic rings. The Morgan fingerprint density at radius 3 is 2.16 bits per heavy atom. The number of hydrogen-bond acceptors (Lipinski definition) is 5. The van der Waals surface area contributed by atoms with Gasteiger partial charge >= 0.3 is 5.97 Å². The Hall–Kier alpha value is -3.45. The lowest BCUT2D eigenvalue weighted by Gasteiger charge is -2.10. The Labute approximate surface area is 183 Å². The van der Waals surface area contributed by atoms with E-state index in [0.717, 1.165) is 11.3 Å². The van der Waals surface area contributed by atoms with Crippen LogP contribution in [-0.4, -0.2) is 28.4 Å². The fourth-order valence-corrected chi connectivity index (χ4v) is 3.68. The molecule has 0 aromatic heterocycles. The van der Waals surface area contributed by atoms with Gasteiger partial charge in [-0.25, -0.2) is 4.79 Å². The Balaban J connectivity index is 1.53. The maximum atomic E-state index is 12.3. The van der Waals surface area contributed by atoms with Crippen LogP contribution in [0.15, 0.2) is 77.7 Å². The number of aryl methyl sites for hydroxylation is 1. The number of anilines is 1. The molecule has 0 bridgehead atoms. The van der Waals surface area contributed by atoms with E-state index >= 15 is 0 Å². The van der Waals surface area contributed by atoms with E-state index in [2.05, 4.69) is 5.32 Å². The van der Waals surface area contributed by atoms with Crippen molar-refractivity contribution in [1.29, 1.82) is 0 Å². The van der Waals surface area contributed by atoms with Crippen LogP contribution in [0.3, 0.4) is 0 Å². The van der Waals surface area contributed by atoms with Crippen LogP contribution in [-0.2, 0) is 20.3 Å². The van der Waals surface area contributed by atoms with Crippen molar-refractivity contribution < 1.29 is 23.3 Å². The van der Waals surface area contributed by atoms with Crippen LogP contribution in [0.5, 0.6) is 11.5 Å². The second-order valence-electron chi connectivity index (χ2n) is 6.69. The molecule has 1 N–H and O–H groups in total. The van der Waals surface area contributed by atoms with Crippen molar-refractivity contribution in [2.75, 3.05) is 17.7 Å². The maximum Gasteiger partial charge on any atom is 0.339 e. The maximum absolute atomic E-state index is 12.3. The molecule has 0 saturated carbocycles. The third kappa shape index (κ3) is 6.26. The van der Waals surface area contributed by atoms with Gasteiger partial charge < -0.3 is 14.8 Å². The third-order valence-corrected chi connectivity index (χ3v) is 5.71. The van der Waals surface area contributed by atoms with Crippen molar-refractivity contribution in [2.45, 2.75) is 18.7 Å². The summed E-state index contributed by atoms with van der Waals surface area (Å²) in [7, 11) is -1.30. The highest BCUT2D eigenvalue weighted by Crippen LogP contribution is 2.23. The minimum atomic E-state index is -1.30. The van der Waals surface area contributed by atoms with Crippen LogP contribution in [0.25, 0.3) is 0 Å². The number of ether oxygens (including phenoxy) is 2. The molecular weight excluding hydrogens is 414 g/mol. The van der Waals surface area contributed by atoms with Crippen molar-refractivity contribution in [3.05, 3.63) is 83.9 Å². The van der Waals surface area contributed by atoms with E-state index < -0.39 is 29.3 Å². The molecule has 31 heavy (non-hydrogen) atoms. The van der Waals surface area contributed by atoms with E-state index in [1.165, 1.54) is 6.07 Å². The van der Waals surface area contributed by atoms with E-state index in [0.29, 0.717) is 22.1 Å². The number of benzene rings is 3. The van der Waals surface area contributed by atoms with Crippen LogP contribution >= 0.6 is 0 Å². The molecule has 0 fully saturated rings. The van der Waals surface area contributed by atoms with Crippen molar-refractivity contribution in [3.8, 4) is 11.5 Å². The largest absolute Gasteiger partial charge is 0.457 e. The molecule has 0 heterocycles. The SMILES string of the molecule is CCS(=O)c1ccccc1C(=O)OCC(=O)Nc1ccc(Oc2ccc(C)cc2)cc1. The van der Waals surface area contributed by atoms with Crippen molar-refractivity contribution in [3.63, 3.8) is 0 Å². The second kappa shape index (κ2) is 10.5. The first kappa shape index (κ1) is 22.2. The first-order valence-electron chi connectivity index (χ1n) is 9.75. The molecule has 0 saturated heterocycles. The van der Waals surface area contributed by atoms with Crippen LogP contribution in [0, 0.1) is 6.92 Å². The van der Waals surface area contributed by atoms with Crippen LogP contribution in [0.2, 0.25) is 0 Å². The molecule has 0 aliphatic rings. The van der Waals surface area contributed by atoms with Crippen LogP contribution in [0.1, 0.15) is 22.8 Å². The standard InChI is InChI=1S/C24H23NO5S/c1-3-31(28)22-7-5-4-6-21(22)24(27)29-16-23(26)25-18-10-14-20(15-11-18)30-19-12-8-17(2)9-13-19/h4-15H,3,16H2,1-2H3,(H,25,26). The molecule has 0 aliphatic heterocycles. The Morgan fingerprint density at radius 2 is 1.52 bits per heavy atom. The molecule has 160 valence electrons. The molecule has 3 aromatic carbocycles. The summed E-state index contributed by atoms with van der Waals surface area (Å²) in [6.07, 6.45) is 0. The summed E-state index contributed by atoms with van der Waals surface area (Å²) >= 11 is 0. The minimum Gasteiger partial charge on any atom is -0.457 e. The lowest BCUT2D eigenvalue weighted by molar-refractivity contribution is -0.119. The van der Waals surface area contributed by atoms with Gasteiger partial charge in [-0.2, -0.15) is 0 Å². The summed E-state index contributed by atoms with van der Waals surface area (Å²) in [5.74, 6) is 0.574. The molecule has 0 aliphatic carbocycles. The first-order valence-corrected chi connectivity index (χ1v) is 11.1. The number of nitrogens with one attached hydrogen (secondary N) is 1. The predicted molar refractivity (Wildman–Crippen MR) is 120 cm³/mol. The smallest absolute Gasteiger partial charge is 0.339 e. The minimum absolute atomic E-state index is 0.202. The van der Waals surface area contributed by atoms with Gasteiger partial charge in [-0.3, -0.25) is 9.00 Å². The zero-order valence-corrected chi connectivity index (χ0v) is 18.1. The van der Waals surface area contributed by atoms with Gasteiger partial charge in [0.15, 0.2) is 6.61 Å². The molecule has 1 unspecified atom stereocenters. The predicted octanol–water partition coefficient (Wildman–Crippen LogP) is 4.71. The van der Waals surface area contributed by atoms with Crippen LogP contribution in [0.4, 0.5) is 5.69 Å². The zero-order chi connectivity index (χ0) is 22.2. The quantitative estimate of drug-likeness (QED) is 0.516. The number of hydrogen-bond donors (Lipinski definition) is 1. The van der Waals surface area contributed by atoms with E-state index in [-0.39, 0.29) is 5.56 Å². The van der Waals surface area contributed by atoms with Gasteiger partial charge in [-0.15, -0.1) is 0 Å². The topological polar surface area (TPSA) is 81.7 Å². The van der Waals surface area contributed by atoms with E-state index in [4.69, 9.17) is 9.47 Å². The summed E-state index contributed by atoms with van der Waals surface area (Å²) in [6.45, 7) is 3.32. The zero-order valence-electron chi connectivity index (χ0n) is 17.3. The highest BCUT2D eigenvalue weighted by Gasteiger charge is 2.17. The summed E-state index contributed by atoms with van der Waals surface area (Å²) < 4.78 is 22.9. The molecule has 1 atom stereocenters. The lowest BCUT2D eigenvalue weighted by Crippen LogP contribution is -2.21. The lowest BCUT2D eigenvalue weighted by atomic mass is 10.2. The van der Waals surface area contributed by atoms with Gasteiger partial charge in [-0.1, -0.05) is 36.8 Å². The van der Waals surface area contributed by atoms with Gasteiger partial charge in [0, 0.05) is 11.4 Å². The average molecular weight is 438 g/mol. The molecule has 6 nitrogen and oxygen atoms in total. The highest BCUT2D eigenvalue weighted by molar-refractivity contribution is 7.85. The van der Waals surface area contributed by atoms with E-state index in [9.17, 15) is 13.8 Å². The van der Waals surface area contributed by atoms with E-state index in [1.54, 1.807) is 49.4 Å². The highest BCUT2D eigenvalue weighted by atomic mass is 32.2. The number of rotatable bonds is 8. The Morgan fingerprint density at radius 1 is 0.903 bits per heavy atom. The molecular formula is C24H23NO5S. The molecule has 7 heteroatoms. The van der Waals surface area contributed by atoms with Gasteiger partial charge in [0.25, 0.3) is 5.91 Å². The average Bonchev–Trinajstić information content (AvgIpc) is 2.79. The monoisotopic (exact) mass is 437 g/mol. The normalized spacial score (nSPS) is 11.4. The fourth-order valence-electron chi connectivity index (χ4n) is 2.74. The van der Waals surface area contributed by atoms with Crippen LogP contribution < -0.4 is 10.1 Å². The second-order valence-corrected chi connectivity index (χ2v) is 8.40. The molecule has 0 radical (unpaired) electrons. The summed E-state index contributed by atoms with van der Waals surface area (Å²) in [4.78, 5) is 24.9. The van der Waals surface area contributed by atoms with Gasteiger partial charge in [0.1, 0.15) is 11.5 Å². The van der Waals surface area contributed by atoms with Crippen molar-refractivity contribution in [2.24, 2.45) is 0 Å². The fraction of sp³-hybridized carbons (Fsp3) is 0.167. The van der Waals surface area contributed by atoms with Crippen molar-refractivity contribution >= 4 is 28.4 Å². The molecule has 3 rings (SSSR count). The Bertz CT molecular complexity index is 1080. The molecule has 0 spiro atoms. The Kier molecular flexibility index (Phi) is 7.56. The first-order chi connectivity index (χ1) is 15.0. The molecule has 1 amide bonds. The van der Waals surface area contributed by atoms with Gasteiger partial charge in [0.2, 0.25) is 0 Å². The summed E-state index contributed by atoms with van der Waals surface area (Å²) in [6, 6.07) is 21.1. The number of esters is 1. The van der Waals surface area contributed by atoms with Gasteiger partial charge in [-0.05, 0) is 55.5 Å². The number of amides is 1. The van der Waals surface area contributed by atoms with Gasteiger partial charge in [0.05, 0.1) is 21.3 Å². The van der Waals surface area contributed by atoms with E-state index in [1.807, 2.05) is 31.2 Å². The summed E-state index contributed by atoms with van der Waals surface area (Å²) in [5, 5.41) is 2.66. The number of carbonyl (C=O) groups excluding carboxylic acids is 2. The summed E-state index contributed by atoms with van der Waals surface area (Å²) in [5.41, 5.74) is 1.89.